The van der Waals surface area contributed by atoms with Gasteiger partial charge < -0.3 is 14.6 Å². The van der Waals surface area contributed by atoms with E-state index in [-0.39, 0.29) is 6.42 Å². The van der Waals surface area contributed by atoms with Crippen LogP contribution in [0.5, 0.6) is 0 Å². The van der Waals surface area contributed by atoms with Gasteiger partial charge in [0.1, 0.15) is 6.10 Å². The third-order valence-electron chi connectivity index (χ3n) is 5.86. The second-order valence-corrected chi connectivity index (χ2v) is 9.44. The minimum atomic E-state index is -0.935. The zero-order valence-corrected chi connectivity index (χ0v) is 22.1. The van der Waals surface area contributed by atoms with Crippen molar-refractivity contribution in [1.29, 1.82) is 0 Å². The molecule has 0 bridgehead atoms. The highest BCUT2D eigenvalue weighted by Crippen LogP contribution is 2.16. The van der Waals surface area contributed by atoms with Gasteiger partial charge in [-0.15, -0.1) is 0 Å². The van der Waals surface area contributed by atoms with Gasteiger partial charge in [-0.05, 0) is 20.3 Å². The van der Waals surface area contributed by atoms with Crippen molar-refractivity contribution in [3.63, 3.8) is 0 Å². The molecule has 0 spiro atoms. The summed E-state index contributed by atoms with van der Waals surface area (Å²) in [6.45, 7) is 5.68. The molecular weight excluding hydrogens is 420 g/mol. The van der Waals surface area contributed by atoms with Gasteiger partial charge in [-0.2, -0.15) is 0 Å². The van der Waals surface area contributed by atoms with Crippen molar-refractivity contribution >= 4 is 5.97 Å². The lowest BCUT2D eigenvalue weighted by Crippen LogP contribution is -2.30. The van der Waals surface area contributed by atoms with Crippen LogP contribution in [-0.2, 0) is 24.0 Å². The number of aliphatic hydroxyl groups excluding tert-OH is 1. The molecule has 0 aromatic heterocycles. The average molecular weight is 473 g/mol. The fraction of sp³-hybridized carbons (Fsp3) is 0.889. The van der Waals surface area contributed by atoms with Crippen molar-refractivity contribution in [2.24, 2.45) is 0 Å². The average Bonchev–Trinajstić information content (AvgIpc) is 2.80. The predicted octanol–water partition coefficient (Wildman–Crippen LogP) is 7.04. The number of unbranched alkanes of at least 4 members (excludes halogenated alkanes) is 13. The second-order valence-electron chi connectivity index (χ2n) is 9.44. The Morgan fingerprint density at radius 1 is 0.818 bits per heavy atom. The van der Waals surface area contributed by atoms with Gasteiger partial charge in [0, 0.05) is 7.11 Å². The van der Waals surface area contributed by atoms with Crippen LogP contribution in [0, 0.1) is 0 Å². The van der Waals surface area contributed by atoms with Crippen LogP contribution in [0.2, 0.25) is 0 Å². The second kappa shape index (κ2) is 21.6. The summed E-state index contributed by atoms with van der Waals surface area (Å²) in [7, 11) is 2.84. The Kier molecular flexibility index (Phi) is 21.0. The minimum Gasteiger partial charge on any atom is -0.469 e. The van der Waals surface area contributed by atoms with Crippen LogP contribution < -0.4 is 0 Å². The van der Waals surface area contributed by atoms with Crippen molar-refractivity contribution in [3.05, 3.63) is 12.2 Å². The molecule has 0 saturated heterocycles. The van der Waals surface area contributed by atoms with Gasteiger partial charge in [0.25, 0.3) is 0 Å². The molecule has 2 atom stereocenters. The molecule has 6 heteroatoms. The topological polar surface area (TPSA) is 74.2 Å². The van der Waals surface area contributed by atoms with Crippen LogP contribution in [-0.4, -0.2) is 43.3 Å². The van der Waals surface area contributed by atoms with E-state index in [2.05, 4.69) is 6.92 Å². The molecule has 0 unspecified atom stereocenters. The molecule has 0 saturated carbocycles. The minimum absolute atomic E-state index is 0.00162. The zero-order valence-electron chi connectivity index (χ0n) is 22.1. The standard InChI is InChI=1S/C27H52O6/c1-6-7-8-9-10-11-12-13-14-15-16-17-18-19-20-24(28)21-22-25(23-26(29)30-4)32-33-27(2,3)31-5/h21-22,24-25,28H,6-20,23H2,1-5H3/b22-21+/t24-,25+/m1/s1. The Morgan fingerprint density at radius 3 is 1.76 bits per heavy atom. The Morgan fingerprint density at radius 2 is 1.30 bits per heavy atom. The number of hydrogen-bond acceptors (Lipinski definition) is 6. The number of aliphatic hydroxyl groups is 1. The first-order chi connectivity index (χ1) is 15.8. The molecule has 0 aliphatic heterocycles. The molecule has 0 rings (SSSR count). The largest absolute Gasteiger partial charge is 0.469 e. The van der Waals surface area contributed by atoms with Crippen molar-refractivity contribution < 1.29 is 29.1 Å². The number of methoxy groups -OCH3 is 2. The van der Waals surface area contributed by atoms with E-state index >= 15 is 0 Å². The van der Waals surface area contributed by atoms with Gasteiger partial charge in [0.15, 0.2) is 5.79 Å². The van der Waals surface area contributed by atoms with E-state index in [0.29, 0.717) is 6.42 Å². The van der Waals surface area contributed by atoms with Crippen molar-refractivity contribution in [3.8, 4) is 0 Å². The summed E-state index contributed by atoms with van der Waals surface area (Å²) in [5.74, 6) is -1.35. The Labute approximate surface area is 203 Å². The van der Waals surface area contributed by atoms with Crippen molar-refractivity contribution in [2.45, 2.75) is 141 Å². The van der Waals surface area contributed by atoms with E-state index in [4.69, 9.17) is 19.2 Å². The first kappa shape index (κ1) is 32.0. The van der Waals surface area contributed by atoms with Crippen molar-refractivity contribution in [1.82, 2.24) is 0 Å². The molecule has 0 aliphatic rings. The predicted molar refractivity (Wildman–Crippen MR) is 134 cm³/mol. The molecule has 6 nitrogen and oxygen atoms in total. The maximum absolute atomic E-state index is 11.6. The number of carbonyl (C=O) groups excluding carboxylic acids is 1. The number of ether oxygens (including phenoxy) is 2. The summed E-state index contributed by atoms with van der Waals surface area (Å²) in [4.78, 5) is 22.2. The summed E-state index contributed by atoms with van der Waals surface area (Å²) in [6, 6.07) is 0. The highest BCUT2D eigenvalue weighted by atomic mass is 17.2. The number of carbonyl (C=O) groups is 1. The monoisotopic (exact) mass is 472 g/mol. The first-order valence-electron chi connectivity index (χ1n) is 13.2. The summed E-state index contributed by atoms with van der Waals surface area (Å²) in [6.07, 6.45) is 21.2. The van der Waals surface area contributed by atoms with Gasteiger partial charge in [-0.3, -0.25) is 4.79 Å². The number of rotatable bonds is 23. The van der Waals surface area contributed by atoms with Crippen LogP contribution in [0.15, 0.2) is 12.2 Å². The summed E-state index contributed by atoms with van der Waals surface area (Å²) < 4.78 is 9.84. The molecule has 0 amide bonds. The molecule has 0 aromatic carbocycles. The third-order valence-corrected chi connectivity index (χ3v) is 5.86. The first-order valence-corrected chi connectivity index (χ1v) is 13.2. The quantitative estimate of drug-likeness (QED) is 0.0429. The molecular formula is C27H52O6. The lowest BCUT2D eigenvalue weighted by Gasteiger charge is -2.24. The highest BCUT2D eigenvalue weighted by molar-refractivity contribution is 5.70. The molecule has 1 N–H and O–H groups in total. The number of esters is 1. The molecule has 0 fully saturated rings. The Balaban J connectivity index is 3.86. The fourth-order valence-electron chi connectivity index (χ4n) is 3.49. The molecule has 196 valence electrons. The maximum Gasteiger partial charge on any atom is 0.308 e. The Bertz CT molecular complexity index is 477. The van der Waals surface area contributed by atoms with Gasteiger partial charge in [-0.1, -0.05) is 109 Å². The Hall–Kier alpha value is -0.950. The lowest BCUT2D eigenvalue weighted by molar-refractivity contribution is -0.424. The summed E-state index contributed by atoms with van der Waals surface area (Å²) in [5.41, 5.74) is 0. The summed E-state index contributed by atoms with van der Waals surface area (Å²) >= 11 is 0. The molecule has 0 heterocycles. The number of hydrogen-bond donors (Lipinski definition) is 1. The molecule has 0 aromatic rings. The third kappa shape index (κ3) is 21.3. The van der Waals surface area contributed by atoms with Crippen LogP contribution in [0.1, 0.15) is 124 Å². The van der Waals surface area contributed by atoms with E-state index in [0.717, 1.165) is 12.8 Å². The van der Waals surface area contributed by atoms with E-state index in [9.17, 15) is 9.90 Å². The van der Waals surface area contributed by atoms with E-state index < -0.39 is 24.0 Å². The lowest BCUT2D eigenvalue weighted by atomic mass is 10.0. The molecule has 0 radical (unpaired) electrons. The molecule has 33 heavy (non-hydrogen) atoms. The van der Waals surface area contributed by atoms with Crippen LogP contribution in [0.25, 0.3) is 0 Å². The van der Waals surface area contributed by atoms with Gasteiger partial charge in [0.2, 0.25) is 0 Å². The maximum atomic E-state index is 11.6. The molecule has 0 aliphatic carbocycles. The van der Waals surface area contributed by atoms with Crippen LogP contribution in [0.4, 0.5) is 0 Å². The zero-order chi connectivity index (χ0) is 24.8. The van der Waals surface area contributed by atoms with Gasteiger partial charge >= 0.3 is 5.97 Å². The van der Waals surface area contributed by atoms with Gasteiger partial charge in [0.05, 0.1) is 19.6 Å². The van der Waals surface area contributed by atoms with Gasteiger partial charge in [-0.25, -0.2) is 9.78 Å². The van der Waals surface area contributed by atoms with E-state index in [1.54, 1.807) is 26.0 Å². The fourth-order valence-corrected chi connectivity index (χ4v) is 3.49. The highest BCUT2D eigenvalue weighted by Gasteiger charge is 2.22. The smallest absolute Gasteiger partial charge is 0.308 e. The van der Waals surface area contributed by atoms with Crippen molar-refractivity contribution in [2.75, 3.05) is 14.2 Å². The van der Waals surface area contributed by atoms with Crippen LogP contribution >= 0.6 is 0 Å². The van der Waals surface area contributed by atoms with E-state index in [1.807, 2.05) is 0 Å². The van der Waals surface area contributed by atoms with Crippen LogP contribution in [0.3, 0.4) is 0 Å². The SMILES string of the molecule is CCCCCCCCCCCCCCCC[C@@H](O)/C=C/[C@@H](CC(=O)OC)OOC(C)(C)OC. The summed E-state index contributed by atoms with van der Waals surface area (Å²) in [5, 5.41) is 10.2. The normalized spacial score (nSPS) is 14.0. The van der Waals surface area contributed by atoms with E-state index in [1.165, 1.54) is 91.3 Å².